The summed E-state index contributed by atoms with van der Waals surface area (Å²) in [5.41, 5.74) is 7.83. The third-order valence-corrected chi connectivity index (χ3v) is 5.89. The quantitative estimate of drug-likeness (QED) is 0.327. The summed E-state index contributed by atoms with van der Waals surface area (Å²) in [4.78, 5) is 2.36. The number of nitrogens with zero attached hydrogens (tertiary/aromatic N) is 1. The van der Waals surface area contributed by atoms with Crippen LogP contribution in [-0.2, 0) is 10.8 Å². The van der Waals surface area contributed by atoms with Gasteiger partial charge in [-0.3, -0.25) is 0 Å². The number of aryl methyl sites for hydroxylation is 1. The van der Waals surface area contributed by atoms with Crippen molar-refractivity contribution in [3.05, 3.63) is 87.0 Å². The van der Waals surface area contributed by atoms with Crippen LogP contribution in [0.15, 0.2) is 66.7 Å². The molecule has 0 aromatic heterocycles. The molecule has 0 unspecified atom stereocenters. The van der Waals surface area contributed by atoms with Crippen LogP contribution in [0.5, 0.6) is 0 Å². The molecule has 3 aromatic carbocycles. The van der Waals surface area contributed by atoms with E-state index in [0.717, 1.165) is 0 Å². The maximum atomic E-state index is 2.41. The predicted molar refractivity (Wildman–Crippen MR) is 136 cm³/mol. The van der Waals surface area contributed by atoms with Crippen LogP contribution in [0, 0.1) is 10.5 Å². The lowest BCUT2D eigenvalue weighted by Gasteiger charge is -2.28. The third kappa shape index (κ3) is 5.22. The summed E-state index contributed by atoms with van der Waals surface area (Å²) in [5, 5.41) is 0. The van der Waals surface area contributed by atoms with Crippen LogP contribution in [0.4, 0.5) is 17.1 Å². The average molecular weight is 497 g/mol. The molecule has 0 saturated carbocycles. The van der Waals surface area contributed by atoms with Crippen LogP contribution in [0.2, 0.25) is 0 Å². The van der Waals surface area contributed by atoms with Gasteiger partial charge >= 0.3 is 0 Å². The fraction of sp³-hybridized carbons (Fsp3) is 0.333. The zero-order valence-corrected chi connectivity index (χ0v) is 20.8. The smallest absolute Gasteiger partial charge is 0.0474 e. The first kappa shape index (κ1) is 21.9. The van der Waals surface area contributed by atoms with E-state index >= 15 is 0 Å². The Morgan fingerprint density at radius 1 is 0.586 bits per heavy atom. The van der Waals surface area contributed by atoms with Crippen molar-refractivity contribution in [2.75, 3.05) is 4.90 Å². The molecule has 0 atom stereocenters. The van der Waals surface area contributed by atoms with Gasteiger partial charge in [0.1, 0.15) is 0 Å². The van der Waals surface area contributed by atoms with Gasteiger partial charge in [0.2, 0.25) is 0 Å². The molecule has 0 spiro atoms. The molecule has 0 aliphatic rings. The molecule has 152 valence electrons. The Morgan fingerprint density at radius 2 is 1.00 bits per heavy atom. The van der Waals surface area contributed by atoms with Crippen molar-refractivity contribution >= 4 is 39.7 Å². The van der Waals surface area contributed by atoms with Crippen LogP contribution < -0.4 is 4.90 Å². The van der Waals surface area contributed by atoms with Gasteiger partial charge in [0.05, 0.1) is 0 Å². The van der Waals surface area contributed by atoms with Crippen LogP contribution in [0.1, 0.15) is 58.2 Å². The van der Waals surface area contributed by atoms with Crippen LogP contribution in [0.3, 0.4) is 0 Å². The second kappa shape index (κ2) is 8.14. The fourth-order valence-electron chi connectivity index (χ4n) is 3.51. The standard InChI is InChI=1S/C27H32IN/c1-19-16-22(28)18-25(17-19)29(23-12-8-20(9-13-23)26(2,3)4)24-14-10-21(11-15-24)27(5,6)7/h8-18H,1-7H3. The maximum absolute atomic E-state index is 2.41. The van der Waals surface area contributed by atoms with E-state index < -0.39 is 0 Å². The van der Waals surface area contributed by atoms with Crippen molar-refractivity contribution < 1.29 is 0 Å². The lowest BCUT2D eigenvalue weighted by Crippen LogP contribution is -2.14. The molecule has 0 aliphatic heterocycles. The zero-order chi connectivity index (χ0) is 21.4. The summed E-state index contributed by atoms with van der Waals surface area (Å²) in [7, 11) is 0. The normalized spacial score (nSPS) is 12.1. The third-order valence-electron chi connectivity index (χ3n) is 5.27. The van der Waals surface area contributed by atoms with E-state index in [-0.39, 0.29) is 10.8 Å². The average Bonchev–Trinajstić information content (AvgIpc) is 2.60. The summed E-state index contributed by atoms with van der Waals surface area (Å²) in [6, 6.07) is 24.7. The highest BCUT2D eigenvalue weighted by Crippen LogP contribution is 2.37. The molecule has 3 rings (SSSR count). The maximum Gasteiger partial charge on any atom is 0.0474 e. The minimum absolute atomic E-state index is 0.149. The minimum Gasteiger partial charge on any atom is -0.310 e. The molecular formula is C27H32IN. The van der Waals surface area contributed by atoms with Crippen molar-refractivity contribution in [2.24, 2.45) is 0 Å². The van der Waals surface area contributed by atoms with Gasteiger partial charge in [-0.1, -0.05) is 65.8 Å². The molecule has 0 fully saturated rings. The summed E-state index contributed by atoms with van der Waals surface area (Å²) in [6.45, 7) is 15.7. The monoisotopic (exact) mass is 497 g/mol. The summed E-state index contributed by atoms with van der Waals surface area (Å²) < 4.78 is 1.25. The molecule has 0 N–H and O–H groups in total. The van der Waals surface area contributed by atoms with Gasteiger partial charge in [-0.25, -0.2) is 0 Å². The summed E-state index contributed by atoms with van der Waals surface area (Å²) in [6.07, 6.45) is 0. The van der Waals surface area contributed by atoms with E-state index in [2.05, 4.69) is 143 Å². The number of benzene rings is 3. The first-order valence-electron chi connectivity index (χ1n) is 10.2. The van der Waals surface area contributed by atoms with Crippen molar-refractivity contribution in [3.8, 4) is 0 Å². The van der Waals surface area contributed by atoms with E-state index in [4.69, 9.17) is 0 Å². The highest BCUT2D eigenvalue weighted by molar-refractivity contribution is 14.1. The molecule has 1 nitrogen and oxygen atoms in total. The van der Waals surface area contributed by atoms with Crippen LogP contribution in [0.25, 0.3) is 0 Å². The van der Waals surface area contributed by atoms with Gasteiger partial charge in [-0.15, -0.1) is 0 Å². The second-order valence-corrected chi connectivity index (χ2v) is 11.2. The molecule has 29 heavy (non-hydrogen) atoms. The Hall–Kier alpha value is -1.81. The van der Waals surface area contributed by atoms with Crippen molar-refractivity contribution in [1.82, 2.24) is 0 Å². The van der Waals surface area contributed by atoms with Crippen molar-refractivity contribution in [1.29, 1.82) is 0 Å². The lowest BCUT2D eigenvalue weighted by atomic mass is 9.86. The fourth-order valence-corrected chi connectivity index (χ4v) is 4.32. The van der Waals surface area contributed by atoms with Gasteiger partial charge in [-0.05, 0) is 99.5 Å². The Morgan fingerprint density at radius 3 is 1.34 bits per heavy atom. The number of halogens is 1. The summed E-state index contributed by atoms with van der Waals surface area (Å²) in [5.74, 6) is 0. The number of rotatable bonds is 3. The van der Waals surface area contributed by atoms with E-state index in [1.54, 1.807) is 0 Å². The van der Waals surface area contributed by atoms with E-state index in [1.807, 2.05) is 0 Å². The Balaban J connectivity index is 2.12. The Kier molecular flexibility index (Phi) is 6.14. The van der Waals surface area contributed by atoms with E-state index in [1.165, 1.54) is 37.3 Å². The van der Waals surface area contributed by atoms with E-state index in [0.29, 0.717) is 0 Å². The molecule has 2 heteroatoms. The van der Waals surface area contributed by atoms with Gasteiger partial charge in [-0.2, -0.15) is 0 Å². The highest BCUT2D eigenvalue weighted by atomic mass is 127. The highest BCUT2D eigenvalue weighted by Gasteiger charge is 2.18. The van der Waals surface area contributed by atoms with Crippen molar-refractivity contribution in [3.63, 3.8) is 0 Å². The molecule has 0 bridgehead atoms. The molecule has 0 radical (unpaired) electrons. The molecule has 0 saturated heterocycles. The molecular weight excluding hydrogens is 465 g/mol. The number of anilines is 3. The molecule has 0 heterocycles. The minimum atomic E-state index is 0.149. The Bertz CT molecular complexity index is 893. The van der Waals surface area contributed by atoms with Crippen LogP contribution in [-0.4, -0.2) is 0 Å². The zero-order valence-electron chi connectivity index (χ0n) is 18.7. The predicted octanol–water partition coefficient (Wildman–Crippen LogP) is 8.66. The van der Waals surface area contributed by atoms with E-state index in [9.17, 15) is 0 Å². The second-order valence-electron chi connectivity index (χ2n) is 9.92. The van der Waals surface area contributed by atoms with Crippen molar-refractivity contribution in [2.45, 2.75) is 59.3 Å². The first-order chi connectivity index (χ1) is 13.4. The largest absolute Gasteiger partial charge is 0.310 e. The molecule has 0 aliphatic carbocycles. The van der Waals surface area contributed by atoms with Gasteiger partial charge in [0.15, 0.2) is 0 Å². The van der Waals surface area contributed by atoms with Gasteiger partial charge in [0.25, 0.3) is 0 Å². The molecule has 3 aromatic rings. The van der Waals surface area contributed by atoms with Gasteiger partial charge in [0, 0.05) is 20.6 Å². The summed E-state index contributed by atoms with van der Waals surface area (Å²) >= 11 is 2.41. The first-order valence-corrected chi connectivity index (χ1v) is 11.3. The topological polar surface area (TPSA) is 3.24 Å². The molecule has 0 amide bonds. The van der Waals surface area contributed by atoms with Gasteiger partial charge < -0.3 is 4.90 Å². The van der Waals surface area contributed by atoms with Crippen LogP contribution >= 0.6 is 22.6 Å². The SMILES string of the molecule is Cc1cc(I)cc(N(c2ccc(C(C)(C)C)cc2)c2ccc(C(C)(C)C)cc2)c1. The Labute approximate surface area is 190 Å². The number of hydrogen-bond donors (Lipinski definition) is 0. The lowest BCUT2D eigenvalue weighted by molar-refractivity contribution is 0.590. The number of hydrogen-bond acceptors (Lipinski definition) is 1.